The zero-order valence-electron chi connectivity index (χ0n) is 11.2. The lowest BCUT2D eigenvalue weighted by molar-refractivity contribution is 0.198. The summed E-state index contributed by atoms with van der Waals surface area (Å²) >= 11 is 1.74. The summed E-state index contributed by atoms with van der Waals surface area (Å²) in [6.45, 7) is 4.27. The van der Waals surface area contributed by atoms with Crippen molar-refractivity contribution < 1.29 is 4.74 Å². The lowest BCUT2D eigenvalue weighted by Crippen LogP contribution is -2.23. The Labute approximate surface area is 116 Å². The number of thiophene rings is 1. The molecule has 1 N–H and O–H groups in total. The molecular weight excluding hydrogens is 262 g/mol. The van der Waals surface area contributed by atoms with Gasteiger partial charge in [0.1, 0.15) is 0 Å². The standard InChI is InChI=1S/C12H19N5OS/c1-3-10(11-5-4-8-19-11)17-12(14-15-16-17)9-13-6-7-18-2/h4-5,8,10,13H,3,6-7,9H2,1-2H3. The van der Waals surface area contributed by atoms with E-state index in [0.717, 1.165) is 18.8 Å². The van der Waals surface area contributed by atoms with Crippen molar-refractivity contribution in [2.75, 3.05) is 20.3 Å². The Bertz CT molecular complexity index is 470. The molecule has 0 spiro atoms. The molecule has 104 valence electrons. The van der Waals surface area contributed by atoms with E-state index in [9.17, 15) is 0 Å². The molecular formula is C12H19N5OS. The van der Waals surface area contributed by atoms with Gasteiger partial charge in [-0.2, -0.15) is 0 Å². The zero-order valence-corrected chi connectivity index (χ0v) is 12.1. The fourth-order valence-corrected chi connectivity index (χ4v) is 2.82. The molecule has 0 aliphatic heterocycles. The lowest BCUT2D eigenvalue weighted by atomic mass is 10.2. The predicted molar refractivity (Wildman–Crippen MR) is 74.1 cm³/mol. The number of methoxy groups -OCH3 is 1. The SMILES string of the molecule is CCC(c1cccs1)n1nnnc1CNCCOC. The van der Waals surface area contributed by atoms with Crippen LogP contribution in [-0.2, 0) is 11.3 Å². The molecule has 2 heterocycles. The Morgan fingerprint density at radius 1 is 1.53 bits per heavy atom. The third-order valence-electron chi connectivity index (χ3n) is 2.88. The first kappa shape index (κ1) is 14.1. The molecule has 0 fully saturated rings. The van der Waals surface area contributed by atoms with Gasteiger partial charge in [-0.05, 0) is 28.3 Å². The minimum absolute atomic E-state index is 0.217. The van der Waals surface area contributed by atoms with Gasteiger partial charge < -0.3 is 10.1 Å². The van der Waals surface area contributed by atoms with Gasteiger partial charge in [0.05, 0.1) is 19.2 Å². The molecule has 19 heavy (non-hydrogen) atoms. The summed E-state index contributed by atoms with van der Waals surface area (Å²) < 4.78 is 6.91. The highest BCUT2D eigenvalue weighted by Crippen LogP contribution is 2.25. The van der Waals surface area contributed by atoms with Gasteiger partial charge in [0.15, 0.2) is 5.82 Å². The lowest BCUT2D eigenvalue weighted by Gasteiger charge is -2.15. The van der Waals surface area contributed by atoms with Gasteiger partial charge in [0, 0.05) is 18.5 Å². The van der Waals surface area contributed by atoms with Crippen LogP contribution in [0.15, 0.2) is 17.5 Å². The summed E-state index contributed by atoms with van der Waals surface area (Å²) in [6, 6.07) is 4.40. The van der Waals surface area contributed by atoms with Gasteiger partial charge in [-0.25, -0.2) is 4.68 Å². The van der Waals surface area contributed by atoms with Crippen molar-refractivity contribution in [2.24, 2.45) is 0 Å². The van der Waals surface area contributed by atoms with Gasteiger partial charge in [-0.1, -0.05) is 13.0 Å². The molecule has 1 unspecified atom stereocenters. The van der Waals surface area contributed by atoms with Gasteiger partial charge >= 0.3 is 0 Å². The van der Waals surface area contributed by atoms with Crippen molar-refractivity contribution in [3.63, 3.8) is 0 Å². The zero-order chi connectivity index (χ0) is 13.5. The second-order valence-corrected chi connectivity index (χ2v) is 5.13. The highest BCUT2D eigenvalue weighted by molar-refractivity contribution is 7.10. The van der Waals surface area contributed by atoms with Crippen LogP contribution in [0.5, 0.6) is 0 Å². The summed E-state index contributed by atoms with van der Waals surface area (Å²) in [5, 5.41) is 17.4. The number of aromatic nitrogens is 4. The molecule has 2 aromatic rings. The largest absolute Gasteiger partial charge is 0.383 e. The Hall–Kier alpha value is -1.31. The van der Waals surface area contributed by atoms with E-state index >= 15 is 0 Å². The fourth-order valence-electron chi connectivity index (χ4n) is 1.92. The third-order valence-corrected chi connectivity index (χ3v) is 3.85. The first-order valence-electron chi connectivity index (χ1n) is 6.36. The monoisotopic (exact) mass is 281 g/mol. The van der Waals surface area contributed by atoms with Crippen LogP contribution >= 0.6 is 11.3 Å². The van der Waals surface area contributed by atoms with Crippen LogP contribution in [0.4, 0.5) is 0 Å². The molecule has 0 aromatic carbocycles. The second-order valence-electron chi connectivity index (χ2n) is 4.15. The summed E-state index contributed by atoms with van der Waals surface area (Å²) in [6.07, 6.45) is 0.969. The Balaban J connectivity index is 2.05. The van der Waals surface area contributed by atoms with Crippen LogP contribution in [0.25, 0.3) is 0 Å². The summed E-state index contributed by atoms with van der Waals surface area (Å²) in [7, 11) is 1.69. The van der Waals surface area contributed by atoms with E-state index < -0.39 is 0 Å². The summed E-state index contributed by atoms with van der Waals surface area (Å²) in [5.74, 6) is 0.858. The maximum Gasteiger partial charge on any atom is 0.165 e. The summed E-state index contributed by atoms with van der Waals surface area (Å²) in [4.78, 5) is 1.29. The van der Waals surface area contributed by atoms with Crippen LogP contribution < -0.4 is 5.32 Å². The number of tetrazole rings is 1. The van der Waals surface area contributed by atoms with E-state index in [2.05, 4.69) is 45.3 Å². The van der Waals surface area contributed by atoms with Crippen molar-refractivity contribution in [2.45, 2.75) is 25.9 Å². The molecule has 2 rings (SSSR count). The smallest absolute Gasteiger partial charge is 0.165 e. The molecule has 1 atom stereocenters. The maximum absolute atomic E-state index is 5.00. The van der Waals surface area contributed by atoms with Gasteiger partial charge in [-0.3, -0.25) is 0 Å². The van der Waals surface area contributed by atoms with E-state index in [1.54, 1.807) is 18.4 Å². The van der Waals surface area contributed by atoms with Crippen LogP contribution in [-0.4, -0.2) is 40.5 Å². The Kier molecular flexibility index (Phi) is 5.44. The number of rotatable bonds is 8. The molecule has 0 aliphatic rings. The molecule has 0 radical (unpaired) electrons. The highest BCUT2D eigenvalue weighted by atomic mass is 32.1. The van der Waals surface area contributed by atoms with Crippen molar-refractivity contribution in [3.8, 4) is 0 Å². The maximum atomic E-state index is 5.00. The van der Waals surface area contributed by atoms with Crippen molar-refractivity contribution >= 4 is 11.3 Å². The van der Waals surface area contributed by atoms with E-state index in [0.29, 0.717) is 13.2 Å². The number of nitrogens with zero attached hydrogens (tertiary/aromatic N) is 4. The Morgan fingerprint density at radius 2 is 2.42 bits per heavy atom. The molecule has 7 heteroatoms. The van der Waals surface area contributed by atoms with Crippen molar-refractivity contribution in [1.29, 1.82) is 0 Å². The van der Waals surface area contributed by atoms with Gasteiger partial charge in [0.25, 0.3) is 0 Å². The number of nitrogens with one attached hydrogen (secondary N) is 1. The first-order chi connectivity index (χ1) is 9.36. The molecule has 2 aromatic heterocycles. The minimum atomic E-state index is 0.217. The van der Waals surface area contributed by atoms with Crippen molar-refractivity contribution in [3.05, 3.63) is 28.2 Å². The van der Waals surface area contributed by atoms with Crippen molar-refractivity contribution in [1.82, 2.24) is 25.5 Å². The average molecular weight is 281 g/mol. The molecule has 0 saturated carbocycles. The number of hydrogen-bond acceptors (Lipinski definition) is 6. The van der Waals surface area contributed by atoms with E-state index in [4.69, 9.17) is 4.74 Å². The Morgan fingerprint density at radius 3 is 3.11 bits per heavy atom. The van der Waals surface area contributed by atoms with Gasteiger partial charge in [-0.15, -0.1) is 16.4 Å². The molecule has 0 aliphatic carbocycles. The molecule has 6 nitrogen and oxygen atoms in total. The van der Waals surface area contributed by atoms with E-state index in [1.165, 1.54) is 4.88 Å². The van der Waals surface area contributed by atoms with Gasteiger partial charge in [0.2, 0.25) is 0 Å². The highest BCUT2D eigenvalue weighted by Gasteiger charge is 2.18. The quantitative estimate of drug-likeness (QED) is 0.742. The minimum Gasteiger partial charge on any atom is -0.383 e. The van der Waals surface area contributed by atoms with E-state index in [-0.39, 0.29) is 6.04 Å². The first-order valence-corrected chi connectivity index (χ1v) is 7.24. The third kappa shape index (κ3) is 3.59. The topological polar surface area (TPSA) is 64.9 Å². The summed E-state index contributed by atoms with van der Waals surface area (Å²) in [5.41, 5.74) is 0. The number of hydrogen-bond donors (Lipinski definition) is 1. The molecule has 0 saturated heterocycles. The van der Waals surface area contributed by atoms with Crippen LogP contribution in [0.3, 0.4) is 0 Å². The average Bonchev–Trinajstić information content (AvgIpc) is 3.08. The van der Waals surface area contributed by atoms with E-state index in [1.807, 2.05) is 4.68 Å². The van der Waals surface area contributed by atoms with Crippen LogP contribution in [0, 0.1) is 0 Å². The predicted octanol–water partition coefficient (Wildman–Crippen LogP) is 1.47. The number of ether oxygens (including phenoxy) is 1. The molecule has 0 amide bonds. The molecule has 0 bridgehead atoms. The van der Waals surface area contributed by atoms with Crippen LogP contribution in [0.2, 0.25) is 0 Å². The fraction of sp³-hybridized carbons (Fsp3) is 0.583. The van der Waals surface area contributed by atoms with Crippen LogP contribution in [0.1, 0.15) is 30.1 Å². The normalized spacial score (nSPS) is 12.7. The second kappa shape index (κ2) is 7.32.